The molecule has 1 aliphatic rings. The number of aromatic hydroxyl groups is 1. The number of benzene rings is 1. The summed E-state index contributed by atoms with van der Waals surface area (Å²) in [6, 6.07) is 3.79. The molecule has 1 fully saturated rings. The lowest BCUT2D eigenvalue weighted by Gasteiger charge is -2.11. The SMILES string of the molecule is O=C(NCC[C@@H]1CCCO1)c1c(O)cccc1F. The van der Waals surface area contributed by atoms with Gasteiger partial charge in [0.25, 0.3) is 5.91 Å². The molecule has 1 saturated heterocycles. The molecule has 0 saturated carbocycles. The smallest absolute Gasteiger partial charge is 0.258 e. The molecule has 2 rings (SSSR count). The zero-order chi connectivity index (χ0) is 13.0. The molecule has 5 heteroatoms. The molecule has 18 heavy (non-hydrogen) atoms. The van der Waals surface area contributed by atoms with Gasteiger partial charge in [0, 0.05) is 13.2 Å². The van der Waals surface area contributed by atoms with E-state index in [0.717, 1.165) is 25.5 Å². The van der Waals surface area contributed by atoms with Crippen LogP contribution in [0.5, 0.6) is 5.75 Å². The third-order valence-electron chi connectivity index (χ3n) is 2.99. The van der Waals surface area contributed by atoms with Crippen molar-refractivity contribution in [1.82, 2.24) is 5.32 Å². The Morgan fingerprint density at radius 3 is 3.06 bits per heavy atom. The second kappa shape index (κ2) is 5.82. The van der Waals surface area contributed by atoms with Gasteiger partial charge in [-0.15, -0.1) is 0 Å². The molecule has 1 atom stereocenters. The summed E-state index contributed by atoms with van der Waals surface area (Å²) in [6.07, 6.45) is 2.94. The van der Waals surface area contributed by atoms with Crippen LogP contribution in [0, 0.1) is 5.82 Å². The Labute approximate surface area is 105 Å². The molecule has 0 aromatic heterocycles. The fraction of sp³-hybridized carbons (Fsp3) is 0.462. The minimum Gasteiger partial charge on any atom is -0.507 e. The van der Waals surface area contributed by atoms with E-state index in [0.29, 0.717) is 13.0 Å². The topological polar surface area (TPSA) is 58.6 Å². The molecule has 0 radical (unpaired) electrons. The van der Waals surface area contributed by atoms with Crippen LogP contribution in [0.15, 0.2) is 18.2 Å². The molecule has 0 aliphatic carbocycles. The third-order valence-corrected chi connectivity index (χ3v) is 2.99. The van der Waals surface area contributed by atoms with Crippen LogP contribution < -0.4 is 5.32 Å². The molecular weight excluding hydrogens is 237 g/mol. The monoisotopic (exact) mass is 253 g/mol. The van der Waals surface area contributed by atoms with Crippen LogP contribution in [0.25, 0.3) is 0 Å². The fourth-order valence-corrected chi connectivity index (χ4v) is 2.04. The Kier molecular flexibility index (Phi) is 4.15. The van der Waals surface area contributed by atoms with Crippen LogP contribution in [0.4, 0.5) is 4.39 Å². The molecule has 98 valence electrons. The van der Waals surface area contributed by atoms with Crippen LogP contribution in [0.3, 0.4) is 0 Å². The summed E-state index contributed by atoms with van der Waals surface area (Å²) in [5.41, 5.74) is -0.301. The molecule has 1 aromatic carbocycles. The van der Waals surface area contributed by atoms with E-state index in [1.54, 1.807) is 0 Å². The van der Waals surface area contributed by atoms with Crippen molar-refractivity contribution >= 4 is 5.91 Å². The molecule has 4 nitrogen and oxygen atoms in total. The van der Waals surface area contributed by atoms with E-state index in [9.17, 15) is 14.3 Å². The van der Waals surface area contributed by atoms with E-state index >= 15 is 0 Å². The average Bonchev–Trinajstić information content (AvgIpc) is 2.82. The summed E-state index contributed by atoms with van der Waals surface area (Å²) < 4.78 is 18.8. The van der Waals surface area contributed by atoms with Gasteiger partial charge in [0.2, 0.25) is 0 Å². The quantitative estimate of drug-likeness (QED) is 0.860. The summed E-state index contributed by atoms with van der Waals surface area (Å²) in [7, 11) is 0. The Hall–Kier alpha value is -1.62. The Morgan fingerprint density at radius 1 is 1.56 bits per heavy atom. The van der Waals surface area contributed by atoms with E-state index in [1.165, 1.54) is 12.1 Å². The first kappa shape index (κ1) is 12.8. The van der Waals surface area contributed by atoms with E-state index in [2.05, 4.69) is 5.32 Å². The molecule has 2 N–H and O–H groups in total. The summed E-state index contributed by atoms with van der Waals surface area (Å²) in [6.45, 7) is 1.18. The van der Waals surface area contributed by atoms with Crippen molar-refractivity contribution < 1.29 is 19.0 Å². The number of ether oxygens (including phenoxy) is 1. The van der Waals surface area contributed by atoms with Crippen LogP contribution in [0.1, 0.15) is 29.6 Å². The lowest BCUT2D eigenvalue weighted by atomic mass is 10.1. The number of phenols is 1. The molecule has 1 heterocycles. The first-order valence-corrected chi connectivity index (χ1v) is 6.06. The van der Waals surface area contributed by atoms with Gasteiger partial charge < -0.3 is 15.2 Å². The van der Waals surface area contributed by atoms with Crippen LogP contribution >= 0.6 is 0 Å². The standard InChI is InChI=1S/C13H16FNO3/c14-10-4-1-5-11(16)12(10)13(17)15-7-6-9-3-2-8-18-9/h1,4-5,9,16H,2-3,6-8H2,(H,15,17)/t9-/m0/s1. The van der Waals surface area contributed by atoms with Crippen molar-refractivity contribution in [2.45, 2.75) is 25.4 Å². The number of rotatable bonds is 4. The van der Waals surface area contributed by atoms with Gasteiger partial charge in [0.1, 0.15) is 17.1 Å². The largest absolute Gasteiger partial charge is 0.507 e. The second-order valence-electron chi connectivity index (χ2n) is 4.31. The average molecular weight is 253 g/mol. The van der Waals surface area contributed by atoms with Crippen LogP contribution in [-0.4, -0.2) is 30.3 Å². The number of carbonyl (C=O) groups excluding carboxylic acids is 1. The number of phenolic OH excluding ortho intramolecular Hbond substituents is 1. The van der Waals surface area contributed by atoms with Crippen LogP contribution in [-0.2, 0) is 4.74 Å². The van der Waals surface area contributed by atoms with Gasteiger partial charge in [-0.05, 0) is 31.4 Å². The molecule has 0 bridgehead atoms. The maximum absolute atomic E-state index is 13.4. The number of carbonyl (C=O) groups is 1. The molecule has 1 aromatic rings. The zero-order valence-corrected chi connectivity index (χ0v) is 9.99. The predicted octanol–water partition coefficient (Wildman–Crippen LogP) is 1.83. The summed E-state index contributed by atoms with van der Waals surface area (Å²) in [5, 5.41) is 12.0. The highest BCUT2D eigenvalue weighted by atomic mass is 19.1. The fourth-order valence-electron chi connectivity index (χ4n) is 2.04. The van der Waals surface area contributed by atoms with Crippen LogP contribution in [0.2, 0.25) is 0 Å². The first-order chi connectivity index (χ1) is 8.68. The van der Waals surface area contributed by atoms with Gasteiger partial charge in [-0.25, -0.2) is 4.39 Å². The van der Waals surface area contributed by atoms with Gasteiger partial charge in [-0.2, -0.15) is 0 Å². The highest BCUT2D eigenvalue weighted by Crippen LogP contribution is 2.19. The Morgan fingerprint density at radius 2 is 2.39 bits per heavy atom. The van der Waals surface area contributed by atoms with Crippen molar-refractivity contribution in [2.24, 2.45) is 0 Å². The van der Waals surface area contributed by atoms with Gasteiger partial charge in [0.15, 0.2) is 0 Å². The lowest BCUT2D eigenvalue weighted by molar-refractivity contribution is 0.0902. The number of hydrogen-bond acceptors (Lipinski definition) is 3. The summed E-state index contributed by atoms with van der Waals surface area (Å²) in [5.74, 6) is -1.65. The molecule has 1 amide bonds. The summed E-state index contributed by atoms with van der Waals surface area (Å²) >= 11 is 0. The number of halogens is 1. The minimum absolute atomic E-state index is 0.180. The maximum atomic E-state index is 13.4. The predicted molar refractivity (Wildman–Crippen MR) is 64.0 cm³/mol. The van der Waals surface area contributed by atoms with E-state index in [4.69, 9.17) is 4.74 Å². The molecule has 0 spiro atoms. The molecule has 0 unspecified atom stereocenters. The molecular formula is C13H16FNO3. The third kappa shape index (κ3) is 2.98. The van der Waals surface area contributed by atoms with Gasteiger partial charge >= 0.3 is 0 Å². The van der Waals surface area contributed by atoms with Crippen molar-refractivity contribution in [3.8, 4) is 5.75 Å². The van der Waals surface area contributed by atoms with Gasteiger partial charge in [0.05, 0.1) is 6.10 Å². The number of amides is 1. The highest BCUT2D eigenvalue weighted by molar-refractivity contribution is 5.97. The Bertz CT molecular complexity index is 410. The van der Waals surface area contributed by atoms with Gasteiger partial charge in [-0.3, -0.25) is 4.79 Å². The minimum atomic E-state index is -0.718. The van der Waals surface area contributed by atoms with E-state index in [1.807, 2.05) is 0 Å². The van der Waals surface area contributed by atoms with Crippen molar-refractivity contribution in [1.29, 1.82) is 0 Å². The van der Waals surface area contributed by atoms with Gasteiger partial charge in [-0.1, -0.05) is 6.07 Å². The number of hydrogen-bond donors (Lipinski definition) is 2. The van der Waals surface area contributed by atoms with Crippen molar-refractivity contribution in [3.63, 3.8) is 0 Å². The summed E-state index contributed by atoms with van der Waals surface area (Å²) in [4.78, 5) is 11.7. The second-order valence-corrected chi connectivity index (χ2v) is 4.31. The first-order valence-electron chi connectivity index (χ1n) is 6.06. The van der Waals surface area contributed by atoms with E-state index < -0.39 is 11.7 Å². The lowest BCUT2D eigenvalue weighted by Crippen LogP contribution is -2.27. The molecule has 1 aliphatic heterocycles. The maximum Gasteiger partial charge on any atom is 0.258 e. The van der Waals surface area contributed by atoms with E-state index in [-0.39, 0.29) is 17.4 Å². The zero-order valence-electron chi connectivity index (χ0n) is 9.99. The highest BCUT2D eigenvalue weighted by Gasteiger charge is 2.18. The normalized spacial score (nSPS) is 18.8. The van der Waals surface area contributed by atoms with Crippen molar-refractivity contribution in [2.75, 3.05) is 13.2 Å². The van der Waals surface area contributed by atoms with Crippen molar-refractivity contribution in [3.05, 3.63) is 29.6 Å². The number of nitrogens with one attached hydrogen (secondary N) is 1. The Balaban J connectivity index is 1.87.